The Balaban J connectivity index is 3.27. The summed E-state index contributed by atoms with van der Waals surface area (Å²) in [6, 6.07) is 6.77. The molecule has 0 unspecified atom stereocenters. The van der Waals surface area contributed by atoms with Crippen LogP contribution in [0, 0.1) is 12.3 Å². The molecule has 1 rings (SSSR count). The molecule has 21 heavy (non-hydrogen) atoms. The summed E-state index contributed by atoms with van der Waals surface area (Å²) >= 11 is 0. The van der Waals surface area contributed by atoms with E-state index in [0.29, 0.717) is 0 Å². The molecule has 0 N–H and O–H groups in total. The molecule has 0 aliphatic heterocycles. The van der Waals surface area contributed by atoms with Gasteiger partial charge in [0, 0.05) is 0 Å². The summed E-state index contributed by atoms with van der Waals surface area (Å²) in [4.78, 5) is 11.8. The van der Waals surface area contributed by atoms with E-state index in [1.807, 2.05) is 6.92 Å². The first-order chi connectivity index (χ1) is 9.45. The van der Waals surface area contributed by atoms with E-state index in [1.165, 1.54) is 7.11 Å². The van der Waals surface area contributed by atoms with E-state index in [2.05, 4.69) is 4.74 Å². The lowest BCUT2D eigenvalue weighted by Crippen LogP contribution is -2.47. The van der Waals surface area contributed by atoms with Gasteiger partial charge < -0.3 is 4.74 Å². The minimum absolute atomic E-state index is 0.0432. The molecule has 0 radical (unpaired) electrons. The zero-order valence-corrected chi connectivity index (χ0v) is 14.4. The Morgan fingerprint density at radius 1 is 1.10 bits per heavy atom. The van der Waals surface area contributed by atoms with E-state index in [0.717, 1.165) is 5.56 Å². The molecule has 0 atom stereocenters. The van der Waals surface area contributed by atoms with E-state index in [1.54, 1.807) is 52.0 Å². The molecule has 0 fully saturated rings. The van der Waals surface area contributed by atoms with Crippen molar-refractivity contribution in [3.8, 4) is 0 Å². The zero-order valence-electron chi connectivity index (χ0n) is 13.6. The number of ether oxygens (including phenoxy) is 1. The molecule has 0 saturated heterocycles. The Morgan fingerprint density at radius 2 is 1.57 bits per heavy atom. The Labute approximate surface area is 127 Å². The first-order valence-corrected chi connectivity index (χ1v) is 8.32. The molecule has 0 heterocycles. The topological polar surface area (TPSA) is 60.4 Å². The van der Waals surface area contributed by atoms with Gasteiger partial charge in [-0.15, -0.1) is 0 Å². The van der Waals surface area contributed by atoms with Gasteiger partial charge in [0.1, 0.15) is 0 Å². The highest BCUT2D eigenvalue weighted by Crippen LogP contribution is 2.43. The van der Waals surface area contributed by atoms with Crippen molar-refractivity contribution in [2.24, 2.45) is 5.41 Å². The smallest absolute Gasteiger partial charge is 0.306 e. The molecule has 0 spiro atoms. The summed E-state index contributed by atoms with van der Waals surface area (Å²) in [6.45, 7) is 8.77. The molecule has 4 nitrogen and oxygen atoms in total. The Kier molecular flexibility index (Phi) is 4.88. The number of hydrogen-bond donors (Lipinski definition) is 0. The van der Waals surface area contributed by atoms with Crippen molar-refractivity contribution in [2.45, 2.75) is 50.7 Å². The number of rotatable bonds is 5. The number of sulfone groups is 1. The van der Waals surface area contributed by atoms with Gasteiger partial charge in [0.15, 0.2) is 9.84 Å². The average molecular weight is 312 g/mol. The van der Waals surface area contributed by atoms with Gasteiger partial charge in [-0.05, 0) is 38.3 Å². The van der Waals surface area contributed by atoms with Gasteiger partial charge >= 0.3 is 5.97 Å². The Morgan fingerprint density at radius 3 is 2.00 bits per heavy atom. The van der Waals surface area contributed by atoms with Crippen LogP contribution in [0.2, 0.25) is 0 Å². The van der Waals surface area contributed by atoms with Crippen LogP contribution in [0.4, 0.5) is 0 Å². The maximum Gasteiger partial charge on any atom is 0.306 e. The fourth-order valence-electron chi connectivity index (χ4n) is 2.02. The van der Waals surface area contributed by atoms with Crippen LogP contribution in [0.5, 0.6) is 0 Å². The summed E-state index contributed by atoms with van der Waals surface area (Å²) in [6.07, 6.45) is 0.0432. The SMILES string of the molecule is COC(=O)CC(C)(C)C(C)(C)S(=O)(=O)c1ccc(C)cc1. The van der Waals surface area contributed by atoms with E-state index < -0.39 is 26.0 Å². The minimum atomic E-state index is -3.57. The predicted octanol–water partition coefficient (Wildman–Crippen LogP) is 3.14. The van der Waals surface area contributed by atoms with Crippen LogP contribution in [0.3, 0.4) is 0 Å². The van der Waals surface area contributed by atoms with Gasteiger partial charge in [0.25, 0.3) is 0 Å². The third-order valence-electron chi connectivity index (χ3n) is 4.45. The van der Waals surface area contributed by atoms with Gasteiger partial charge in [0.2, 0.25) is 0 Å². The third kappa shape index (κ3) is 3.28. The number of carbonyl (C=O) groups excluding carboxylic acids is 1. The van der Waals surface area contributed by atoms with Crippen molar-refractivity contribution < 1.29 is 17.9 Å². The maximum atomic E-state index is 12.9. The molecular formula is C16H24O4S. The van der Waals surface area contributed by atoms with Crippen molar-refractivity contribution >= 4 is 15.8 Å². The summed E-state index contributed by atoms with van der Waals surface area (Å²) in [5.74, 6) is -0.410. The molecule has 118 valence electrons. The number of aryl methyl sites for hydroxylation is 1. The number of methoxy groups -OCH3 is 1. The van der Waals surface area contributed by atoms with Gasteiger partial charge in [-0.25, -0.2) is 8.42 Å². The van der Waals surface area contributed by atoms with Crippen molar-refractivity contribution in [3.63, 3.8) is 0 Å². The van der Waals surface area contributed by atoms with Crippen molar-refractivity contribution in [3.05, 3.63) is 29.8 Å². The van der Waals surface area contributed by atoms with Crippen LogP contribution in [0.15, 0.2) is 29.2 Å². The first kappa shape index (κ1) is 17.7. The summed E-state index contributed by atoms with van der Waals surface area (Å²) in [5.41, 5.74) is 0.240. The van der Waals surface area contributed by atoms with E-state index in [9.17, 15) is 13.2 Å². The Hall–Kier alpha value is -1.36. The molecule has 0 aliphatic rings. The van der Waals surface area contributed by atoms with Crippen LogP contribution in [0.1, 0.15) is 39.7 Å². The Bertz CT molecular complexity index is 610. The second kappa shape index (κ2) is 5.79. The van der Waals surface area contributed by atoms with E-state index in [4.69, 9.17) is 0 Å². The van der Waals surface area contributed by atoms with Crippen molar-refractivity contribution in [2.75, 3.05) is 7.11 Å². The van der Waals surface area contributed by atoms with Gasteiger partial charge in [-0.1, -0.05) is 31.5 Å². The lowest BCUT2D eigenvalue weighted by molar-refractivity contribution is -0.143. The molecule has 1 aromatic rings. The van der Waals surface area contributed by atoms with Crippen LogP contribution in [0.25, 0.3) is 0 Å². The van der Waals surface area contributed by atoms with E-state index in [-0.39, 0.29) is 11.3 Å². The van der Waals surface area contributed by atoms with Gasteiger partial charge in [-0.3, -0.25) is 4.79 Å². The monoisotopic (exact) mass is 312 g/mol. The lowest BCUT2D eigenvalue weighted by Gasteiger charge is -2.40. The molecule has 0 saturated carbocycles. The van der Waals surface area contributed by atoms with E-state index >= 15 is 0 Å². The summed E-state index contributed by atoms with van der Waals surface area (Å²) < 4.78 is 29.4. The molecule has 0 bridgehead atoms. The number of carbonyl (C=O) groups is 1. The largest absolute Gasteiger partial charge is 0.469 e. The highest BCUT2D eigenvalue weighted by molar-refractivity contribution is 7.92. The standard InChI is InChI=1S/C16H24O4S/c1-12-7-9-13(10-8-12)21(18,19)16(4,5)15(2,3)11-14(17)20-6/h7-10H,11H2,1-6H3. The second-order valence-corrected chi connectivity index (χ2v) is 8.96. The quantitative estimate of drug-likeness (QED) is 0.784. The van der Waals surface area contributed by atoms with Gasteiger partial charge in [0.05, 0.1) is 23.2 Å². The molecule has 1 aromatic carbocycles. The lowest BCUT2D eigenvalue weighted by atomic mass is 9.77. The average Bonchev–Trinajstić information content (AvgIpc) is 2.38. The van der Waals surface area contributed by atoms with Crippen molar-refractivity contribution in [1.82, 2.24) is 0 Å². The fourth-order valence-corrected chi connectivity index (χ4v) is 3.90. The van der Waals surface area contributed by atoms with Crippen molar-refractivity contribution in [1.29, 1.82) is 0 Å². The molecule has 0 aromatic heterocycles. The number of hydrogen-bond acceptors (Lipinski definition) is 4. The maximum absolute atomic E-state index is 12.9. The van der Waals surface area contributed by atoms with Crippen LogP contribution >= 0.6 is 0 Å². The number of esters is 1. The molecule has 0 amide bonds. The predicted molar refractivity (Wildman–Crippen MR) is 82.9 cm³/mol. The fraction of sp³-hybridized carbons (Fsp3) is 0.562. The molecule has 0 aliphatic carbocycles. The highest BCUT2D eigenvalue weighted by Gasteiger charge is 2.49. The highest BCUT2D eigenvalue weighted by atomic mass is 32.2. The third-order valence-corrected chi connectivity index (χ3v) is 7.24. The minimum Gasteiger partial charge on any atom is -0.469 e. The van der Waals surface area contributed by atoms with Gasteiger partial charge in [-0.2, -0.15) is 0 Å². The zero-order chi connectivity index (χ0) is 16.5. The molecule has 5 heteroatoms. The second-order valence-electron chi connectivity index (χ2n) is 6.46. The van der Waals surface area contributed by atoms with Crippen LogP contribution in [-0.4, -0.2) is 26.2 Å². The normalized spacial score (nSPS) is 13.0. The van der Waals surface area contributed by atoms with Crippen LogP contribution < -0.4 is 0 Å². The van der Waals surface area contributed by atoms with Crippen LogP contribution in [-0.2, 0) is 19.4 Å². The first-order valence-electron chi connectivity index (χ1n) is 6.84. The molecular weight excluding hydrogens is 288 g/mol. The summed E-state index contributed by atoms with van der Waals surface area (Å²) in [7, 11) is -2.27. The summed E-state index contributed by atoms with van der Waals surface area (Å²) in [5, 5.41) is 0. The number of benzene rings is 1.